The summed E-state index contributed by atoms with van der Waals surface area (Å²) in [6.07, 6.45) is 0. The van der Waals surface area contributed by atoms with Crippen LogP contribution in [0.2, 0.25) is 10.0 Å². The third kappa shape index (κ3) is 3.76. The number of halogens is 4. The molecule has 0 amide bonds. The van der Waals surface area contributed by atoms with Gasteiger partial charge in [0.15, 0.2) is 0 Å². The fraction of sp³-hybridized carbons (Fsp3) is 0.0769. The predicted molar refractivity (Wildman–Crippen MR) is 90.6 cm³/mol. The van der Waals surface area contributed by atoms with Crippen LogP contribution in [0, 0.1) is 3.57 Å². The molecular weight excluding hydrogens is 448 g/mol. The molecule has 0 saturated heterocycles. The number of benzene rings is 2. The van der Waals surface area contributed by atoms with Crippen LogP contribution in [-0.2, 0) is 6.54 Å². The highest BCUT2D eigenvalue weighted by molar-refractivity contribution is 14.1. The van der Waals surface area contributed by atoms with Gasteiger partial charge >= 0.3 is 0 Å². The van der Waals surface area contributed by atoms with Crippen LogP contribution in [0.3, 0.4) is 0 Å². The lowest BCUT2D eigenvalue weighted by Crippen LogP contribution is -2.01. The lowest BCUT2D eigenvalue weighted by Gasteiger charge is -2.10. The molecule has 0 saturated carbocycles. The third-order valence-electron chi connectivity index (χ3n) is 2.42. The number of hydrogen-bond acceptors (Lipinski definition) is 1. The van der Waals surface area contributed by atoms with Crippen molar-refractivity contribution in [3.63, 3.8) is 0 Å². The molecule has 1 nitrogen and oxygen atoms in total. The number of anilines is 1. The van der Waals surface area contributed by atoms with Gasteiger partial charge in [-0.1, -0.05) is 45.2 Å². The molecule has 94 valence electrons. The Hall–Kier alpha value is 0.0300. The first-order valence-corrected chi connectivity index (χ1v) is 7.82. The molecular formula is C13H9BrCl2IN. The minimum absolute atomic E-state index is 0.728. The topological polar surface area (TPSA) is 12.0 Å². The molecule has 5 heteroatoms. The van der Waals surface area contributed by atoms with Crippen molar-refractivity contribution in [1.29, 1.82) is 0 Å². The van der Waals surface area contributed by atoms with Gasteiger partial charge in [0.25, 0.3) is 0 Å². The summed E-state index contributed by atoms with van der Waals surface area (Å²) in [5, 5.41) is 4.85. The van der Waals surface area contributed by atoms with E-state index in [4.69, 9.17) is 23.2 Å². The Bertz CT molecular complexity index is 523. The zero-order chi connectivity index (χ0) is 13.1. The highest BCUT2D eigenvalue weighted by atomic mass is 127. The van der Waals surface area contributed by atoms with E-state index in [2.05, 4.69) is 43.8 Å². The van der Waals surface area contributed by atoms with Gasteiger partial charge in [-0.3, -0.25) is 0 Å². The molecule has 0 fully saturated rings. The van der Waals surface area contributed by atoms with Gasteiger partial charge in [0, 0.05) is 30.3 Å². The average Bonchev–Trinajstić information content (AvgIpc) is 2.30. The maximum atomic E-state index is 5.92. The Labute approximate surface area is 138 Å². The molecule has 0 aromatic heterocycles. The van der Waals surface area contributed by atoms with E-state index < -0.39 is 0 Å². The van der Waals surface area contributed by atoms with E-state index in [1.807, 2.05) is 36.4 Å². The van der Waals surface area contributed by atoms with Crippen molar-refractivity contribution in [3.05, 3.63) is 60.0 Å². The number of nitrogens with one attached hydrogen (secondary N) is 1. The quantitative estimate of drug-likeness (QED) is 0.561. The summed E-state index contributed by atoms with van der Waals surface area (Å²) < 4.78 is 2.11. The van der Waals surface area contributed by atoms with Gasteiger partial charge in [0.2, 0.25) is 0 Å². The summed E-state index contributed by atoms with van der Waals surface area (Å²) >= 11 is 17.6. The van der Waals surface area contributed by atoms with Crippen molar-refractivity contribution in [2.75, 3.05) is 5.32 Å². The summed E-state index contributed by atoms with van der Waals surface area (Å²) in [5.41, 5.74) is 2.23. The van der Waals surface area contributed by atoms with Gasteiger partial charge in [-0.05, 0) is 58.5 Å². The van der Waals surface area contributed by atoms with Crippen LogP contribution in [0.5, 0.6) is 0 Å². The van der Waals surface area contributed by atoms with E-state index in [0.29, 0.717) is 0 Å². The van der Waals surface area contributed by atoms with Gasteiger partial charge in [-0.2, -0.15) is 0 Å². The normalized spacial score (nSPS) is 10.4. The van der Waals surface area contributed by atoms with Gasteiger partial charge < -0.3 is 5.32 Å². The van der Waals surface area contributed by atoms with Crippen LogP contribution >= 0.6 is 61.7 Å². The van der Waals surface area contributed by atoms with Crippen LogP contribution in [-0.4, -0.2) is 0 Å². The molecule has 0 aliphatic heterocycles. The summed E-state index contributed by atoms with van der Waals surface area (Å²) in [4.78, 5) is 0. The summed E-state index contributed by atoms with van der Waals surface area (Å²) in [6, 6.07) is 11.6. The molecule has 0 aliphatic rings. The second kappa shape index (κ2) is 6.46. The highest BCUT2D eigenvalue weighted by Gasteiger charge is 2.03. The van der Waals surface area contributed by atoms with E-state index in [-0.39, 0.29) is 0 Å². The van der Waals surface area contributed by atoms with Crippen LogP contribution < -0.4 is 5.32 Å². The average molecular weight is 457 g/mol. The highest BCUT2D eigenvalue weighted by Crippen LogP contribution is 2.25. The first-order valence-electron chi connectivity index (χ1n) is 5.19. The van der Waals surface area contributed by atoms with E-state index in [9.17, 15) is 0 Å². The van der Waals surface area contributed by atoms with E-state index in [1.54, 1.807) is 0 Å². The molecule has 0 unspecified atom stereocenters. The Morgan fingerprint density at radius 1 is 1.06 bits per heavy atom. The van der Waals surface area contributed by atoms with E-state index >= 15 is 0 Å². The fourth-order valence-corrected chi connectivity index (χ4v) is 3.37. The first-order chi connectivity index (χ1) is 8.56. The Balaban J connectivity index is 2.11. The molecule has 0 radical (unpaired) electrons. The second-order valence-corrected chi connectivity index (χ2v) is 6.60. The van der Waals surface area contributed by atoms with Crippen molar-refractivity contribution in [1.82, 2.24) is 0 Å². The first kappa shape index (κ1) is 14.4. The zero-order valence-electron chi connectivity index (χ0n) is 9.18. The van der Waals surface area contributed by atoms with Crippen molar-refractivity contribution in [3.8, 4) is 0 Å². The Morgan fingerprint density at radius 2 is 1.72 bits per heavy atom. The van der Waals surface area contributed by atoms with Gasteiger partial charge in [0.1, 0.15) is 0 Å². The monoisotopic (exact) mass is 455 g/mol. The van der Waals surface area contributed by atoms with Crippen LogP contribution in [0.15, 0.2) is 40.9 Å². The zero-order valence-corrected chi connectivity index (χ0v) is 14.4. The molecule has 2 rings (SSSR count). The molecule has 0 heterocycles. The molecule has 0 atom stereocenters. The van der Waals surface area contributed by atoms with Crippen molar-refractivity contribution in [2.45, 2.75) is 6.54 Å². The molecule has 0 aliphatic carbocycles. The summed E-state index contributed by atoms with van der Waals surface area (Å²) in [6.45, 7) is 0.732. The van der Waals surface area contributed by atoms with E-state index in [1.165, 1.54) is 0 Å². The van der Waals surface area contributed by atoms with Crippen molar-refractivity contribution >= 4 is 67.4 Å². The van der Waals surface area contributed by atoms with Crippen LogP contribution in [0.1, 0.15) is 5.56 Å². The number of rotatable bonds is 3. The van der Waals surface area contributed by atoms with Crippen LogP contribution in [0.4, 0.5) is 5.69 Å². The molecule has 0 spiro atoms. The fourth-order valence-electron chi connectivity index (χ4n) is 1.49. The second-order valence-electron chi connectivity index (χ2n) is 3.71. The molecule has 0 bridgehead atoms. The summed E-state index contributed by atoms with van der Waals surface area (Å²) in [5.74, 6) is 0. The molecule has 1 N–H and O–H groups in total. The maximum Gasteiger partial charge on any atom is 0.0479 e. The minimum Gasteiger partial charge on any atom is -0.380 e. The lowest BCUT2D eigenvalue weighted by molar-refractivity contribution is 1.13. The SMILES string of the molecule is Clc1ccc(CNc2ccc(Cl)cc2I)c(Br)c1. The van der Waals surface area contributed by atoms with Gasteiger partial charge in [-0.25, -0.2) is 0 Å². The van der Waals surface area contributed by atoms with Crippen molar-refractivity contribution < 1.29 is 0 Å². The van der Waals surface area contributed by atoms with Crippen molar-refractivity contribution in [2.24, 2.45) is 0 Å². The Kier molecular flexibility index (Phi) is 5.18. The smallest absolute Gasteiger partial charge is 0.0479 e. The molecule has 2 aromatic rings. The molecule has 18 heavy (non-hydrogen) atoms. The predicted octanol–water partition coefficient (Wildman–Crippen LogP) is 5.97. The Morgan fingerprint density at radius 3 is 2.39 bits per heavy atom. The van der Waals surface area contributed by atoms with Gasteiger partial charge in [0.05, 0.1) is 0 Å². The lowest BCUT2D eigenvalue weighted by atomic mass is 10.2. The molecule has 2 aromatic carbocycles. The number of hydrogen-bond donors (Lipinski definition) is 1. The van der Waals surface area contributed by atoms with E-state index in [0.717, 1.165) is 35.9 Å². The van der Waals surface area contributed by atoms with Crippen LogP contribution in [0.25, 0.3) is 0 Å². The summed E-state index contributed by atoms with van der Waals surface area (Å²) in [7, 11) is 0. The largest absolute Gasteiger partial charge is 0.380 e. The third-order valence-corrected chi connectivity index (χ3v) is 4.52. The van der Waals surface area contributed by atoms with Gasteiger partial charge in [-0.15, -0.1) is 0 Å². The minimum atomic E-state index is 0.728. The standard InChI is InChI=1S/C13H9BrCl2IN/c14-11-5-9(15)2-1-8(11)7-18-13-4-3-10(16)6-12(13)17/h1-6,18H,7H2. The maximum absolute atomic E-state index is 5.92.